The van der Waals surface area contributed by atoms with Gasteiger partial charge in [0.2, 0.25) is 0 Å². The molecule has 1 aliphatic heterocycles. The van der Waals surface area contributed by atoms with Gasteiger partial charge in [-0.1, -0.05) is 16.3 Å². The summed E-state index contributed by atoms with van der Waals surface area (Å²) in [7, 11) is 2.70. The average molecular weight is 245 g/mol. The van der Waals surface area contributed by atoms with Gasteiger partial charge in [-0.15, -0.1) is 0 Å². The molecule has 1 saturated carbocycles. The number of ether oxygens (including phenoxy) is 1. The number of aliphatic hydroxyl groups excluding tert-OH is 1. The van der Waals surface area contributed by atoms with E-state index in [4.69, 9.17) is 4.74 Å². The first-order valence-electron chi connectivity index (χ1n) is 6.46. The SMILES string of the molecule is CC1CCC(OC[C@@H]2C[C@@H](O)CN2P)CC1. The van der Waals surface area contributed by atoms with Gasteiger partial charge in [-0.3, -0.25) is 4.67 Å². The molecule has 4 heteroatoms. The highest BCUT2D eigenvalue weighted by Gasteiger charge is 2.29. The molecule has 0 aromatic carbocycles. The Kier molecular flexibility index (Phi) is 4.60. The average Bonchev–Trinajstić information content (AvgIpc) is 2.57. The summed E-state index contributed by atoms with van der Waals surface area (Å²) in [4.78, 5) is 0. The van der Waals surface area contributed by atoms with Crippen molar-refractivity contribution in [3.63, 3.8) is 0 Å². The second-order valence-corrected chi connectivity index (χ2v) is 6.12. The number of aliphatic hydroxyl groups is 1. The molecule has 1 unspecified atom stereocenters. The summed E-state index contributed by atoms with van der Waals surface area (Å²) in [6, 6.07) is 0.388. The fraction of sp³-hybridized carbons (Fsp3) is 1.00. The van der Waals surface area contributed by atoms with Crippen LogP contribution < -0.4 is 0 Å². The van der Waals surface area contributed by atoms with Gasteiger partial charge < -0.3 is 9.84 Å². The summed E-state index contributed by atoms with van der Waals surface area (Å²) < 4.78 is 8.10. The lowest BCUT2D eigenvalue weighted by Gasteiger charge is -2.28. The normalized spacial score (nSPS) is 41.4. The van der Waals surface area contributed by atoms with E-state index in [1.807, 2.05) is 0 Å². The van der Waals surface area contributed by atoms with E-state index in [1.54, 1.807) is 0 Å². The van der Waals surface area contributed by atoms with Crippen LogP contribution in [-0.4, -0.2) is 41.2 Å². The topological polar surface area (TPSA) is 32.7 Å². The lowest BCUT2D eigenvalue weighted by molar-refractivity contribution is 0.00278. The van der Waals surface area contributed by atoms with Crippen molar-refractivity contribution in [1.82, 2.24) is 4.67 Å². The third kappa shape index (κ3) is 3.40. The number of β-amino-alcohol motifs (C(OH)–C–C–N with tert-alkyl or cyclic N) is 1. The van der Waals surface area contributed by atoms with Crippen LogP contribution in [0.1, 0.15) is 39.0 Å². The Morgan fingerprint density at radius 3 is 2.56 bits per heavy atom. The van der Waals surface area contributed by atoms with Crippen LogP contribution in [0, 0.1) is 5.92 Å². The Bertz CT molecular complexity index is 219. The summed E-state index contributed by atoms with van der Waals surface area (Å²) in [5, 5.41) is 9.53. The van der Waals surface area contributed by atoms with E-state index < -0.39 is 0 Å². The highest BCUT2D eigenvalue weighted by molar-refractivity contribution is 7.13. The van der Waals surface area contributed by atoms with Crippen molar-refractivity contribution in [3.05, 3.63) is 0 Å². The zero-order chi connectivity index (χ0) is 11.5. The summed E-state index contributed by atoms with van der Waals surface area (Å²) in [6.45, 7) is 3.87. The molecule has 0 amide bonds. The minimum absolute atomic E-state index is 0.169. The third-order valence-electron chi connectivity index (χ3n) is 3.92. The molecule has 2 rings (SSSR count). The molecule has 3 nitrogen and oxygen atoms in total. The van der Waals surface area contributed by atoms with E-state index >= 15 is 0 Å². The van der Waals surface area contributed by atoms with E-state index in [2.05, 4.69) is 21.0 Å². The van der Waals surface area contributed by atoms with Crippen LogP contribution in [0.5, 0.6) is 0 Å². The smallest absolute Gasteiger partial charge is 0.0686 e. The molecule has 0 aromatic rings. The van der Waals surface area contributed by atoms with Gasteiger partial charge in [0.1, 0.15) is 0 Å². The molecule has 0 bridgehead atoms. The predicted molar refractivity (Wildman–Crippen MR) is 68.2 cm³/mol. The maximum atomic E-state index is 9.53. The van der Waals surface area contributed by atoms with Crippen molar-refractivity contribution >= 4 is 9.39 Å². The monoisotopic (exact) mass is 245 g/mol. The van der Waals surface area contributed by atoms with Crippen molar-refractivity contribution < 1.29 is 9.84 Å². The van der Waals surface area contributed by atoms with E-state index in [-0.39, 0.29) is 6.10 Å². The van der Waals surface area contributed by atoms with Crippen molar-refractivity contribution in [1.29, 1.82) is 0 Å². The van der Waals surface area contributed by atoms with Gasteiger partial charge in [-0.25, -0.2) is 0 Å². The Labute approximate surface area is 101 Å². The Balaban J connectivity index is 1.67. The zero-order valence-electron chi connectivity index (χ0n) is 10.1. The van der Waals surface area contributed by atoms with Gasteiger partial charge in [0.25, 0.3) is 0 Å². The molecule has 3 atom stereocenters. The van der Waals surface area contributed by atoms with Gasteiger partial charge in [-0.05, 0) is 38.0 Å². The van der Waals surface area contributed by atoms with Gasteiger partial charge in [0.15, 0.2) is 0 Å². The lowest BCUT2D eigenvalue weighted by Crippen LogP contribution is -2.29. The van der Waals surface area contributed by atoms with Gasteiger partial charge in [0, 0.05) is 12.6 Å². The molecule has 1 saturated heterocycles. The number of hydrogen-bond donors (Lipinski definition) is 1. The molecule has 0 radical (unpaired) electrons. The summed E-state index contributed by atoms with van der Waals surface area (Å²) in [5.41, 5.74) is 0. The Morgan fingerprint density at radius 2 is 2.00 bits per heavy atom. The summed E-state index contributed by atoms with van der Waals surface area (Å²) >= 11 is 0. The van der Waals surface area contributed by atoms with Crippen LogP contribution >= 0.6 is 9.39 Å². The second kappa shape index (κ2) is 5.77. The number of rotatable bonds is 3. The number of hydrogen-bond acceptors (Lipinski definition) is 3. The molecule has 16 heavy (non-hydrogen) atoms. The molecule has 0 spiro atoms. The van der Waals surface area contributed by atoms with E-state index in [9.17, 15) is 5.11 Å². The predicted octanol–water partition coefficient (Wildman–Crippen LogP) is 1.81. The van der Waals surface area contributed by atoms with Crippen molar-refractivity contribution in [2.24, 2.45) is 5.92 Å². The Hall–Kier alpha value is 0.310. The van der Waals surface area contributed by atoms with Crippen LogP contribution in [0.2, 0.25) is 0 Å². The van der Waals surface area contributed by atoms with Crippen LogP contribution in [0.3, 0.4) is 0 Å². The molecular weight excluding hydrogens is 221 g/mol. The quantitative estimate of drug-likeness (QED) is 0.770. The molecule has 1 N–H and O–H groups in total. The standard InChI is InChI=1S/C12H24NO2P/c1-9-2-4-12(5-3-9)15-8-10-6-11(14)7-13(10)16/h9-12,14H,2-8,16H2,1H3/t9?,10-,11+,12?/m0/s1. The van der Waals surface area contributed by atoms with Gasteiger partial charge in [-0.2, -0.15) is 0 Å². The number of nitrogens with zero attached hydrogens (tertiary/aromatic N) is 1. The minimum Gasteiger partial charge on any atom is -0.392 e. The first kappa shape index (κ1) is 12.8. The largest absolute Gasteiger partial charge is 0.392 e. The molecule has 1 heterocycles. The van der Waals surface area contributed by atoms with Gasteiger partial charge >= 0.3 is 0 Å². The van der Waals surface area contributed by atoms with Crippen molar-refractivity contribution in [2.45, 2.75) is 57.3 Å². The minimum atomic E-state index is -0.169. The molecule has 94 valence electrons. The first-order valence-corrected chi connectivity index (χ1v) is 6.97. The fourth-order valence-electron chi connectivity index (χ4n) is 2.72. The van der Waals surface area contributed by atoms with E-state index in [1.165, 1.54) is 25.7 Å². The van der Waals surface area contributed by atoms with Crippen molar-refractivity contribution in [2.75, 3.05) is 13.2 Å². The second-order valence-electron chi connectivity index (χ2n) is 5.46. The molecular formula is C12H24NO2P. The molecule has 2 fully saturated rings. The molecule has 2 aliphatic rings. The maximum Gasteiger partial charge on any atom is 0.0686 e. The summed E-state index contributed by atoms with van der Waals surface area (Å²) in [5.74, 6) is 0.881. The fourth-order valence-corrected chi connectivity index (χ4v) is 3.17. The highest BCUT2D eigenvalue weighted by atomic mass is 31.0. The molecule has 0 aromatic heterocycles. The van der Waals surface area contributed by atoms with Crippen LogP contribution in [0.15, 0.2) is 0 Å². The van der Waals surface area contributed by atoms with Crippen LogP contribution in [-0.2, 0) is 4.74 Å². The lowest BCUT2D eigenvalue weighted by atomic mass is 9.89. The Morgan fingerprint density at radius 1 is 1.31 bits per heavy atom. The van der Waals surface area contributed by atoms with Crippen LogP contribution in [0.4, 0.5) is 0 Å². The first-order chi connectivity index (χ1) is 7.65. The molecule has 1 aliphatic carbocycles. The third-order valence-corrected chi connectivity index (χ3v) is 4.55. The summed E-state index contributed by atoms with van der Waals surface area (Å²) in [6.07, 6.45) is 6.20. The highest BCUT2D eigenvalue weighted by Crippen LogP contribution is 2.27. The zero-order valence-corrected chi connectivity index (χ0v) is 11.3. The van der Waals surface area contributed by atoms with Gasteiger partial charge in [0.05, 0.1) is 18.8 Å². The maximum absolute atomic E-state index is 9.53. The van der Waals surface area contributed by atoms with Crippen LogP contribution in [0.25, 0.3) is 0 Å². The van der Waals surface area contributed by atoms with E-state index in [0.29, 0.717) is 12.1 Å². The van der Waals surface area contributed by atoms with E-state index in [0.717, 1.165) is 25.5 Å². The van der Waals surface area contributed by atoms with Crippen molar-refractivity contribution in [3.8, 4) is 0 Å².